The van der Waals surface area contributed by atoms with Crippen molar-refractivity contribution in [2.75, 3.05) is 26.0 Å². The quantitative estimate of drug-likeness (QED) is 0.311. The van der Waals surface area contributed by atoms with E-state index in [1.54, 1.807) is 7.11 Å². The van der Waals surface area contributed by atoms with Gasteiger partial charge in [-0.3, -0.25) is 14.9 Å². The molecular formula is C18H19N3O6. The van der Waals surface area contributed by atoms with Gasteiger partial charge < -0.3 is 20.5 Å². The summed E-state index contributed by atoms with van der Waals surface area (Å²) in [6.45, 7) is -0.115. The highest BCUT2D eigenvalue weighted by molar-refractivity contribution is 5.92. The monoisotopic (exact) mass is 373 g/mol. The van der Waals surface area contributed by atoms with Crippen LogP contribution in [0.15, 0.2) is 42.5 Å². The molecule has 2 aromatic carbocycles. The maximum Gasteiger partial charge on any atom is 0.338 e. The highest BCUT2D eigenvalue weighted by Crippen LogP contribution is 2.22. The van der Waals surface area contributed by atoms with Gasteiger partial charge in [-0.1, -0.05) is 12.1 Å². The Morgan fingerprint density at radius 1 is 1.19 bits per heavy atom. The first-order valence-corrected chi connectivity index (χ1v) is 8.01. The molecule has 0 aromatic heterocycles. The summed E-state index contributed by atoms with van der Waals surface area (Å²) in [4.78, 5) is 33.8. The second-order valence-electron chi connectivity index (χ2n) is 5.55. The van der Waals surface area contributed by atoms with Crippen molar-refractivity contribution in [3.8, 4) is 5.75 Å². The van der Waals surface area contributed by atoms with Crippen LogP contribution in [0.2, 0.25) is 0 Å². The van der Waals surface area contributed by atoms with Crippen LogP contribution in [0.3, 0.4) is 0 Å². The minimum atomic E-state index is -0.844. The normalized spacial score (nSPS) is 10.1. The van der Waals surface area contributed by atoms with E-state index in [1.165, 1.54) is 12.1 Å². The number of carbonyl (C=O) groups is 2. The smallest absolute Gasteiger partial charge is 0.338 e. The zero-order valence-corrected chi connectivity index (χ0v) is 14.6. The number of amides is 1. The first kappa shape index (κ1) is 19.7. The molecule has 27 heavy (non-hydrogen) atoms. The van der Waals surface area contributed by atoms with Crippen molar-refractivity contribution in [1.82, 2.24) is 5.32 Å². The van der Waals surface area contributed by atoms with E-state index in [9.17, 15) is 19.7 Å². The summed E-state index contributed by atoms with van der Waals surface area (Å²) >= 11 is 0. The van der Waals surface area contributed by atoms with Gasteiger partial charge in [0, 0.05) is 12.6 Å². The Kier molecular flexibility index (Phi) is 6.70. The molecule has 0 saturated carbocycles. The molecule has 0 atom stereocenters. The predicted octanol–water partition coefficient (Wildman–Crippen LogP) is 1.70. The molecular weight excluding hydrogens is 354 g/mol. The summed E-state index contributed by atoms with van der Waals surface area (Å²) in [6.07, 6.45) is 0.605. The van der Waals surface area contributed by atoms with Crippen LogP contribution in [-0.2, 0) is 16.0 Å². The van der Waals surface area contributed by atoms with E-state index >= 15 is 0 Å². The third kappa shape index (κ3) is 5.70. The lowest BCUT2D eigenvalue weighted by atomic mass is 10.1. The molecule has 0 aliphatic carbocycles. The summed E-state index contributed by atoms with van der Waals surface area (Å²) in [5, 5.41) is 13.5. The lowest BCUT2D eigenvalue weighted by Gasteiger charge is -2.07. The number of rotatable bonds is 8. The molecule has 2 rings (SSSR count). The number of nitrogens with two attached hydrogens (primary N) is 1. The molecule has 0 saturated heterocycles. The van der Waals surface area contributed by atoms with Crippen LogP contribution in [0.5, 0.6) is 5.75 Å². The molecule has 3 N–H and O–H groups in total. The second-order valence-corrected chi connectivity index (χ2v) is 5.55. The number of ether oxygens (including phenoxy) is 2. The Labute approximate surface area is 155 Å². The Hall–Kier alpha value is -3.62. The molecule has 9 heteroatoms. The van der Waals surface area contributed by atoms with E-state index in [1.807, 2.05) is 24.3 Å². The molecule has 0 unspecified atom stereocenters. The third-order valence-electron chi connectivity index (χ3n) is 3.69. The molecule has 0 radical (unpaired) electrons. The average Bonchev–Trinajstić information content (AvgIpc) is 2.66. The average molecular weight is 373 g/mol. The van der Waals surface area contributed by atoms with E-state index in [-0.39, 0.29) is 11.3 Å². The van der Waals surface area contributed by atoms with Crippen molar-refractivity contribution < 1.29 is 24.0 Å². The minimum absolute atomic E-state index is 0.0538. The van der Waals surface area contributed by atoms with Crippen molar-refractivity contribution >= 4 is 23.3 Å². The molecule has 0 fully saturated rings. The first-order chi connectivity index (χ1) is 12.9. The number of nitrogen functional groups attached to an aromatic ring is 1. The van der Waals surface area contributed by atoms with Crippen LogP contribution >= 0.6 is 0 Å². The van der Waals surface area contributed by atoms with E-state index in [0.29, 0.717) is 13.0 Å². The predicted molar refractivity (Wildman–Crippen MR) is 97.5 cm³/mol. The van der Waals surface area contributed by atoms with Crippen molar-refractivity contribution in [1.29, 1.82) is 0 Å². The fraction of sp³-hybridized carbons (Fsp3) is 0.222. The first-order valence-electron chi connectivity index (χ1n) is 8.01. The van der Waals surface area contributed by atoms with Gasteiger partial charge in [0.25, 0.3) is 11.6 Å². The van der Waals surface area contributed by atoms with Gasteiger partial charge >= 0.3 is 5.97 Å². The molecule has 1 amide bonds. The van der Waals surface area contributed by atoms with Gasteiger partial charge in [-0.25, -0.2) is 4.79 Å². The number of esters is 1. The Bertz CT molecular complexity index is 835. The van der Waals surface area contributed by atoms with E-state index in [2.05, 4.69) is 5.32 Å². The van der Waals surface area contributed by atoms with Gasteiger partial charge in [-0.05, 0) is 36.2 Å². The number of nitrogens with zero attached hydrogens (tertiary/aromatic N) is 1. The van der Waals surface area contributed by atoms with Crippen LogP contribution in [0.25, 0.3) is 0 Å². The van der Waals surface area contributed by atoms with Crippen LogP contribution < -0.4 is 15.8 Å². The number of nitro benzene ring substituents is 1. The van der Waals surface area contributed by atoms with E-state index in [4.69, 9.17) is 15.2 Å². The summed E-state index contributed by atoms with van der Waals surface area (Å²) in [6, 6.07) is 11.0. The Morgan fingerprint density at radius 2 is 1.89 bits per heavy atom. The SMILES string of the molecule is COc1ccc(CCNC(=O)COC(=O)c2ccc(N)c([N+](=O)[O-])c2)cc1. The van der Waals surface area contributed by atoms with Crippen LogP contribution in [0, 0.1) is 10.1 Å². The van der Waals surface area contributed by atoms with Crippen molar-refractivity contribution in [3.63, 3.8) is 0 Å². The van der Waals surface area contributed by atoms with Crippen molar-refractivity contribution in [2.45, 2.75) is 6.42 Å². The number of benzene rings is 2. The highest BCUT2D eigenvalue weighted by Gasteiger charge is 2.17. The number of anilines is 1. The molecule has 2 aromatic rings. The lowest BCUT2D eigenvalue weighted by Crippen LogP contribution is -2.30. The number of nitrogens with one attached hydrogen (secondary N) is 1. The lowest BCUT2D eigenvalue weighted by molar-refractivity contribution is -0.383. The van der Waals surface area contributed by atoms with Gasteiger partial charge in [0.15, 0.2) is 6.61 Å². The number of hydrogen-bond donors (Lipinski definition) is 2. The maximum atomic E-state index is 11.9. The standard InChI is InChI=1S/C18H19N3O6/c1-26-14-5-2-12(3-6-14)8-9-20-17(22)11-27-18(23)13-4-7-15(19)16(10-13)21(24)25/h2-7,10H,8-9,11,19H2,1H3,(H,20,22). The number of methoxy groups -OCH3 is 1. The molecule has 0 aliphatic rings. The third-order valence-corrected chi connectivity index (χ3v) is 3.69. The molecule has 0 heterocycles. The number of hydrogen-bond acceptors (Lipinski definition) is 7. The summed E-state index contributed by atoms with van der Waals surface area (Å²) in [5.41, 5.74) is 5.97. The number of nitro groups is 1. The fourth-order valence-electron chi connectivity index (χ4n) is 2.23. The zero-order chi connectivity index (χ0) is 19.8. The zero-order valence-electron chi connectivity index (χ0n) is 14.6. The van der Waals surface area contributed by atoms with E-state index in [0.717, 1.165) is 17.4 Å². The maximum absolute atomic E-state index is 11.9. The Morgan fingerprint density at radius 3 is 2.52 bits per heavy atom. The summed E-state index contributed by atoms with van der Waals surface area (Å²) in [5.74, 6) is -0.567. The second kappa shape index (κ2) is 9.18. The topological polar surface area (TPSA) is 134 Å². The van der Waals surface area contributed by atoms with Crippen molar-refractivity contribution in [3.05, 3.63) is 63.7 Å². The fourth-order valence-corrected chi connectivity index (χ4v) is 2.23. The molecule has 0 spiro atoms. The van der Waals surface area contributed by atoms with Gasteiger partial charge in [0.2, 0.25) is 0 Å². The Balaban J connectivity index is 1.78. The van der Waals surface area contributed by atoms with Crippen molar-refractivity contribution in [2.24, 2.45) is 0 Å². The molecule has 0 bridgehead atoms. The van der Waals surface area contributed by atoms with Gasteiger partial charge in [0.1, 0.15) is 11.4 Å². The van der Waals surface area contributed by atoms with Crippen LogP contribution in [0.1, 0.15) is 15.9 Å². The summed E-state index contributed by atoms with van der Waals surface area (Å²) < 4.78 is 9.93. The van der Waals surface area contributed by atoms with Crippen LogP contribution in [0.4, 0.5) is 11.4 Å². The van der Waals surface area contributed by atoms with Gasteiger partial charge in [-0.2, -0.15) is 0 Å². The minimum Gasteiger partial charge on any atom is -0.497 e. The molecule has 9 nitrogen and oxygen atoms in total. The van der Waals surface area contributed by atoms with E-state index < -0.39 is 29.1 Å². The highest BCUT2D eigenvalue weighted by atomic mass is 16.6. The molecule has 142 valence electrons. The van der Waals surface area contributed by atoms with Gasteiger partial charge in [0.05, 0.1) is 17.6 Å². The van der Waals surface area contributed by atoms with Gasteiger partial charge in [-0.15, -0.1) is 0 Å². The van der Waals surface area contributed by atoms with Crippen LogP contribution in [-0.4, -0.2) is 37.1 Å². The number of carbonyl (C=O) groups excluding carboxylic acids is 2. The molecule has 0 aliphatic heterocycles. The largest absolute Gasteiger partial charge is 0.497 e. The summed E-state index contributed by atoms with van der Waals surface area (Å²) in [7, 11) is 1.58.